The minimum atomic E-state index is -5.71. The van der Waals surface area contributed by atoms with E-state index in [1.54, 1.807) is 0 Å². The Morgan fingerprint density at radius 3 is 1.57 bits per heavy atom. The van der Waals surface area contributed by atoms with Crippen molar-refractivity contribution in [1.29, 1.82) is 0 Å². The van der Waals surface area contributed by atoms with Crippen molar-refractivity contribution in [2.75, 3.05) is 26.2 Å². The Labute approximate surface area is 178 Å². The SMILES string of the molecule is CCCCCCCCN(CCCCCCCC)CCC(=O)OCC(F)(F)C(F)(F)F. The van der Waals surface area contributed by atoms with E-state index < -0.39 is 24.7 Å². The second-order valence-corrected chi connectivity index (χ2v) is 7.99. The van der Waals surface area contributed by atoms with Crippen molar-refractivity contribution in [3.05, 3.63) is 0 Å². The van der Waals surface area contributed by atoms with Gasteiger partial charge >= 0.3 is 18.1 Å². The average Bonchev–Trinajstić information content (AvgIpc) is 2.68. The molecule has 0 aromatic heterocycles. The summed E-state index contributed by atoms with van der Waals surface area (Å²) in [6.45, 7) is 4.28. The molecule has 0 aliphatic carbocycles. The van der Waals surface area contributed by atoms with Gasteiger partial charge in [0.05, 0.1) is 6.42 Å². The van der Waals surface area contributed by atoms with Gasteiger partial charge in [0.2, 0.25) is 0 Å². The van der Waals surface area contributed by atoms with Crippen LogP contribution in [0.1, 0.15) is 97.3 Å². The number of hydrogen-bond donors (Lipinski definition) is 0. The van der Waals surface area contributed by atoms with Gasteiger partial charge in [-0.15, -0.1) is 0 Å². The number of rotatable bonds is 19. The molecule has 0 aliphatic rings. The second kappa shape index (κ2) is 16.7. The summed E-state index contributed by atoms with van der Waals surface area (Å²) < 4.78 is 66.4. The Hall–Kier alpha value is -0.920. The number of hydrogen-bond acceptors (Lipinski definition) is 3. The Morgan fingerprint density at radius 2 is 1.13 bits per heavy atom. The van der Waals surface area contributed by atoms with Gasteiger partial charge in [0.25, 0.3) is 0 Å². The molecule has 8 heteroatoms. The molecule has 0 N–H and O–H groups in total. The summed E-state index contributed by atoms with van der Waals surface area (Å²) in [7, 11) is 0. The van der Waals surface area contributed by atoms with Gasteiger partial charge in [-0.3, -0.25) is 4.79 Å². The predicted molar refractivity (Wildman–Crippen MR) is 110 cm³/mol. The third kappa shape index (κ3) is 15.0. The van der Waals surface area contributed by atoms with E-state index in [4.69, 9.17) is 0 Å². The molecule has 0 unspecified atom stereocenters. The third-order valence-electron chi connectivity index (χ3n) is 5.12. The molecule has 0 heterocycles. The van der Waals surface area contributed by atoms with Crippen molar-refractivity contribution >= 4 is 5.97 Å². The third-order valence-corrected chi connectivity index (χ3v) is 5.12. The van der Waals surface area contributed by atoms with Crippen molar-refractivity contribution in [2.24, 2.45) is 0 Å². The Bertz CT molecular complexity index is 414. The summed E-state index contributed by atoms with van der Waals surface area (Å²) in [6, 6.07) is 0. The van der Waals surface area contributed by atoms with Gasteiger partial charge in [-0.05, 0) is 25.9 Å². The molecule has 0 aromatic carbocycles. The zero-order valence-corrected chi connectivity index (χ0v) is 18.7. The quantitative estimate of drug-likeness (QED) is 0.120. The van der Waals surface area contributed by atoms with Gasteiger partial charge in [-0.1, -0.05) is 78.1 Å². The molecule has 0 bridgehead atoms. The Balaban J connectivity index is 4.29. The molecule has 0 aliphatic heterocycles. The highest BCUT2D eigenvalue weighted by Gasteiger charge is 2.58. The van der Waals surface area contributed by atoms with E-state index in [1.807, 2.05) is 0 Å². The van der Waals surface area contributed by atoms with Crippen LogP contribution in [0.5, 0.6) is 0 Å². The van der Waals surface area contributed by atoms with Crippen molar-refractivity contribution in [3.8, 4) is 0 Å². The lowest BCUT2D eigenvalue weighted by Gasteiger charge is -2.23. The summed E-state index contributed by atoms with van der Waals surface area (Å²) in [5, 5.41) is 0. The summed E-state index contributed by atoms with van der Waals surface area (Å²) in [5.41, 5.74) is 0. The highest BCUT2D eigenvalue weighted by molar-refractivity contribution is 5.69. The summed E-state index contributed by atoms with van der Waals surface area (Å²) in [5.74, 6) is -6.03. The molecular weight excluding hydrogens is 405 g/mol. The molecule has 0 atom stereocenters. The molecule has 30 heavy (non-hydrogen) atoms. The van der Waals surface area contributed by atoms with Crippen molar-refractivity contribution < 1.29 is 31.5 Å². The molecule has 180 valence electrons. The average molecular weight is 446 g/mol. The topological polar surface area (TPSA) is 29.5 Å². The molecule has 0 fully saturated rings. The first kappa shape index (κ1) is 29.1. The van der Waals surface area contributed by atoms with Crippen LogP contribution in [0.2, 0.25) is 0 Å². The van der Waals surface area contributed by atoms with Crippen LogP contribution in [-0.2, 0) is 9.53 Å². The van der Waals surface area contributed by atoms with Gasteiger partial charge in [0.1, 0.15) is 0 Å². The van der Waals surface area contributed by atoms with Gasteiger partial charge < -0.3 is 9.64 Å². The van der Waals surface area contributed by atoms with E-state index in [1.165, 1.54) is 38.5 Å². The van der Waals surface area contributed by atoms with Crippen LogP contribution in [0.15, 0.2) is 0 Å². The molecule has 0 rings (SSSR count). The molecule has 0 aromatic rings. The van der Waals surface area contributed by atoms with E-state index in [0.717, 1.165) is 51.6 Å². The van der Waals surface area contributed by atoms with Crippen molar-refractivity contribution in [2.45, 2.75) is 109 Å². The maximum Gasteiger partial charge on any atom is 0.456 e. The molecular formula is C22H40F5NO2. The molecule has 0 spiro atoms. The number of alkyl halides is 5. The number of ether oxygens (including phenoxy) is 1. The highest BCUT2D eigenvalue weighted by atomic mass is 19.4. The van der Waals surface area contributed by atoms with Gasteiger partial charge in [-0.25, -0.2) is 0 Å². The van der Waals surface area contributed by atoms with E-state index in [2.05, 4.69) is 23.5 Å². The number of unbranched alkanes of at least 4 members (excludes halogenated alkanes) is 10. The molecule has 0 saturated heterocycles. The van der Waals surface area contributed by atoms with E-state index >= 15 is 0 Å². The van der Waals surface area contributed by atoms with E-state index in [9.17, 15) is 26.7 Å². The lowest BCUT2D eigenvalue weighted by Crippen LogP contribution is -2.41. The lowest BCUT2D eigenvalue weighted by molar-refractivity contribution is -0.294. The van der Waals surface area contributed by atoms with Gasteiger partial charge in [0, 0.05) is 6.54 Å². The highest BCUT2D eigenvalue weighted by Crippen LogP contribution is 2.35. The minimum Gasteiger partial charge on any atom is -0.459 e. The van der Waals surface area contributed by atoms with Gasteiger partial charge in [-0.2, -0.15) is 22.0 Å². The van der Waals surface area contributed by atoms with Gasteiger partial charge in [0.15, 0.2) is 6.61 Å². The number of carbonyl (C=O) groups is 1. The van der Waals surface area contributed by atoms with E-state index in [0.29, 0.717) is 6.54 Å². The maximum atomic E-state index is 12.9. The zero-order valence-electron chi connectivity index (χ0n) is 18.7. The van der Waals surface area contributed by atoms with Crippen LogP contribution < -0.4 is 0 Å². The molecule has 3 nitrogen and oxygen atoms in total. The van der Waals surface area contributed by atoms with Crippen LogP contribution in [0.3, 0.4) is 0 Å². The lowest BCUT2D eigenvalue weighted by atomic mass is 10.1. The summed E-state index contributed by atoms with van der Waals surface area (Å²) in [4.78, 5) is 13.8. The first-order chi connectivity index (χ1) is 14.1. The zero-order chi connectivity index (χ0) is 22.9. The maximum absolute atomic E-state index is 12.9. The normalized spacial score (nSPS) is 12.5. The Morgan fingerprint density at radius 1 is 0.700 bits per heavy atom. The number of carbonyl (C=O) groups excluding carboxylic acids is 1. The minimum absolute atomic E-state index is 0.181. The smallest absolute Gasteiger partial charge is 0.456 e. The molecule has 0 radical (unpaired) electrons. The summed E-state index contributed by atoms with van der Waals surface area (Å²) in [6.07, 6.45) is 7.79. The van der Waals surface area contributed by atoms with Crippen molar-refractivity contribution in [1.82, 2.24) is 4.90 Å². The molecule has 0 saturated carbocycles. The van der Waals surface area contributed by atoms with Crippen LogP contribution >= 0.6 is 0 Å². The number of halogens is 5. The fourth-order valence-corrected chi connectivity index (χ4v) is 3.14. The molecule has 0 amide bonds. The standard InChI is InChI=1S/C22H40F5NO2/c1-3-5-7-9-11-13-16-28(17-14-12-10-8-6-4-2)18-15-20(29)30-19-21(23,24)22(25,26)27/h3-19H2,1-2H3. The largest absolute Gasteiger partial charge is 0.459 e. The monoisotopic (exact) mass is 445 g/mol. The van der Waals surface area contributed by atoms with E-state index in [-0.39, 0.29) is 6.42 Å². The van der Waals surface area contributed by atoms with Crippen LogP contribution in [0.25, 0.3) is 0 Å². The predicted octanol–water partition coefficient (Wildman–Crippen LogP) is 7.14. The number of esters is 1. The number of nitrogens with zero attached hydrogens (tertiary/aromatic N) is 1. The fraction of sp³-hybridized carbons (Fsp3) is 0.955. The Kier molecular flexibility index (Phi) is 16.2. The van der Waals surface area contributed by atoms with Crippen LogP contribution in [0, 0.1) is 0 Å². The fourth-order valence-electron chi connectivity index (χ4n) is 3.14. The second-order valence-electron chi connectivity index (χ2n) is 7.99. The van der Waals surface area contributed by atoms with Crippen LogP contribution in [-0.4, -0.2) is 49.2 Å². The summed E-state index contributed by atoms with van der Waals surface area (Å²) >= 11 is 0. The first-order valence-electron chi connectivity index (χ1n) is 11.5. The van der Waals surface area contributed by atoms with Crippen molar-refractivity contribution in [3.63, 3.8) is 0 Å². The van der Waals surface area contributed by atoms with Crippen LogP contribution in [0.4, 0.5) is 22.0 Å². The first-order valence-corrected chi connectivity index (χ1v) is 11.5.